The molecule has 1 atom stereocenters. The first-order valence-corrected chi connectivity index (χ1v) is 4.76. The first kappa shape index (κ1) is 9.21. The van der Waals surface area contributed by atoms with E-state index in [1.54, 1.807) is 13.3 Å². The van der Waals surface area contributed by atoms with Crippen molar-refractivity contribution in [1.29, 1.82) is 0 Å². The number of aromatic nitrogens is 2. The third-order valence-corrected chi connectivity index (χ3v) is 2.24. The van der Waals surface area contributed by atoms with Crippen molar-refractivity contribution in [3.05, 3.63) is 30.1 Å². The Bertz CT molecular complexity index is 445. The molecule has 0 amide bonds. The molecule has 0 radical (unpaired) electrons. The van der Waals surface area contributed by atoms with Gasteiger partial charge in [-0.15, -0.1) is 0 Å². The molecule has 0 saturated carbocycles. The average molecular weight is 190 g/mol. The van der Waals surface area contributed by atoms with Crippen LogP contribution in [0.3, 0.4) is 0 Å². The Kier molecular flexibility index (Phi) is 2.25. The summed E-state index contributed by atoms with van der Waals surface area (Å²) in [5, 5.41) is 9.30. The van der Waals surface area contributed by atoms with Crippen molar-refractivity contribution in [3.8, 4) is 0 Å². The van der Waals surface area contributed by atoms with E-state index in [0.29, 0.717) is 6.54 Å². The number of benzene rings is 1. The van der Waals surface area contributed by atoms with Gasteiger partial charge in [0.1, 0.15) is 0 Å². The second-order valence-electron chi connectivity index (χ2n) is 3.74. The van der Waals surface area contributed by atoms with Crippen molar-refractivity contribution in [3.63, 3.8) is 0 Å². The molecular formula is C11H14N2O. The number of nitrogens with zero attached hydrogens (tertiary/aromatic N) is 2. The van der Waals surface area contributed by atoms with Crippen LogP contribution in [-0.4, -0.2) is 20.8 Å². The highest BCUT2D eigenvalue weighted by atomic mass is 16.3. The fourth-order valence-corrected chi connectivity index (χ4v) is 1.60. The topological polar surface area (TPSA) is 38.0 Å². The molecule has 1 aromatic heterocycles. The summed E-state index contributed by atoms with van der Waals surface area (Å²) < 4.78 is 1.98. The Labute approximate surface area is 83.0 Å². The van der Waals surface area contributed by atoms with Gasteiger partial charge in [-0.05, 0) is 31.5 Å². The Morgan fingerprint density at radius 3 is 3.00 bits per heavy atom. The van der Waals surface area contributed by atoms with E-state index in [1.165, 1.54) is 5.56 Å². The lowest BCUT2D eigenvalue weighted by molar-refractivity contribution is 0.175. The zero-order chi connectivity index (χ0) is 10.1. The van der Waals surface area contributed by atoms with E-state index in [-0.39, 0.29) is 6.10 Å². The van der Waals surface area contributed by atoms with Gasteiger partial charge in [0, 0.05) is 6.54 Å². The van der Waals surface area contributed by atoms with Crippen molar-refractivity contribution >= 4 is 11.0 Å². The Morgan fingerprint density at radius 1 is 1.50 bits per heavy atom. The van der Waals surface area contributed by atoms with Crippen LogP contribution in [0.2, 0.25) is 0 Å². The number of fused-ring (bicyclic) bond motifs is 1. The third kappa shape index (κ3) is 1.63. The molecule has 2 rings (SSSR count). The molecule has 0 aliphatic carbocycles. The van der Waals surface area contributed by atoms with Gasteiger partial charge in [0.25, 0.3) is 0 Å². The summed E-state index contributed by atoms with van der Waals surface area (Å²) >= 11 is 0. The first-order chi connectivity index (χ1) is 6.66. The van der Waals surface area contributed by atoms with Crippen LogP contribution < -0.4 is 0 Å². The second-order valence-corrected chi connectivity index (χ2v) is 3.74. The normalized spacial score (nSPS) is 13.4. The summed E-state index contributed by atoms with van der Waals surface area (Å²) in [5.41, 5.74) is 3.28. The molecule has 1 aromatic carbocycles. The highest BCUT2D eigenvalue weighted by Gasteiger charge is 2.04. The molecule has 0 spiro atoms. The monoisotopic (exact) mass is 190 g/mol. The summed E-state index contributed by atoms with van der Waals surface area (Å²) in [6, 6.07) is 6.13. The summed E-state index contributed by atoms with van der Waals surface area (Å²) in [6.45, 7) is 4.43. The zero-order valence-corrected chi connectivity index (χ0v) is 8.44. The maximum absolute atomic E-state index is 9.30. The number of hydrogen-bond acceptors (Lipinski definition) is 2. The fourth-order valence-electron chi connectivity index (χ4n) is 1.60. The first-order valence-electron chi connectivity index (χ1n) is 4.76. The molecule has 0 unspecified atom stereocenters. The molecule has 14 heavy (non-hydrogen) atoms. The predicted molar refractivity (Wildman–Crippen MR) is 56.2 cm³/mol. The molecule has 2 aromatic rings. The Hall–Kier alpha value is -1.35. The van der Waals surface area contributed by atoms with Gasteiger partial charge < -0.3 is 9.67 Å². The van der Waals surface area contributed by atoms with Crippen molar-refractivity contribution in [2.75, 3.05) is 0 Å². The summed E-state index contributed by atoms with van der Waals surface area (Å²) in [7, 11) is 0. The maximum atomic E-state index is 9.30. The van der Waals surface area contributed by atoms with E-state index in [0.717, 1.165) is 11.0 Å². The average Bonchev–Trinajstić information content (AvgIpc) is 2.47. The molecule has 0 aliphatic rings. The number of imidazole rings is 1. The SMILES string of the molecule is Cc1ccc2ncn(C[C@H](C)O)c2c1. The van der Waals surface area contributed by atoms with Crippen molar-refractivity contribution in [2.45, 2.75) is 26.5 Å². The maximum Gasteiger partial charge on any atom is 0.0959 e. The van der Waals surface area contributed by atoms with E-state index in [4.69, 9.17) is 0 Å². The lowest BCUT2D eigenvalue weighted by atomic mass is 10.2. The van der Waals surface area contributed by atoms with Crippen LogP contribution in [0, 0.1) is 6.92 Å². The smallest absolute Gasteiger partial charge is 0.0959 e. The van der Waals surface area contributed by atoms with E-state index < -0.39 is 0 Å². The van der Waals surface area contributed by atoms with Gasteiger partial charge in [-0.1, -0.05) is 6.07 Å². The van der Waals surface area contributed by atoms with Gasteiger partial charge in [-0.3, -0.25) is 0 Å². The van der Waals surface area contributed by atoms with Crippen molar-refractivity contribution in [2.24, 2.45) is 0 Å². The van der Waals surface area contributed by atoms with Crippen LogP contribution in [-0.2, 0) is 6.54 Å². The van der Waals surface area contributed by atoms with Gasteiger partial charge >= 0.3 is 0 Å². The van der Waals surface area contributed by atoms with Gasteiger partial charge in [-0.2, -0.15) is 0 Å². The summed E-state index contributed by atoms with van der Waals surface area (Å²) in [5.74, 6) is 0. The molecular weight excluding hydrogens is 176 g/mol. The van der Waals surface area contributed by atoms with E-state index in [2.05, 4.69) is 18.0 Å². The fraction of sp³-hybridized carbons (Fsp3) is 0.364. The minimum atomic E-state index is -0.340. The highest BCUT2D eigenvalue weighted by molar-refractivity contribution is 5.75. The molecule has 1 heterocycles. The second kappa shape index (κ2) is 3.42. The number of hydrogen-bond donors (Lipinski definition) is 1. The van der Waals surface area contributed by atoms with E-state index in [9.17, 15) is 5.11 Å². The van der Waals surface area contributed by atoms with E-state index >= 15 is 0 Å². The molecule has 3 heteroatoms. The van der Waals surface area contributed by atoms with Gasteiger partial charge in [-0.25, -0.2) is 4.98 Å². The number of aliphatic hydroxyl groups excluding tert-OH is 1. The molecule has 74 valence electrons. The van der Waals surface area contributed by atoms with Crippen LogP contribution >= 0.6 is 0 Å². The lowest BCUT2D eigenvalue weighted by Crippen LogP contribution is -2.10. The lowest BCUT2D eigenvalue weighted by Gasteiger charge is -2.06. The molecule has 0 aliphatic heterocycles. The number of aliphatic hydroxyl groups is 1. The Morgan fingerprint density at radius 2 is 2.29 bits per heavy atom. The van der Waals surface area contributed by atoms with Gasteiger partial charge in [0.15, 0.2) is 0 Å². The van der Waals surface area contributed by atoms with Crippen LogP contribution in [0.4, 0.5) is 0 Å². The van der Waals surface area contributed by atoms with E-state index in [1.807, 2.05) is 16.7 Å². The Balaban J connectivity index is 2.50. The summed E-state index contributed by atoms with van der Waals surface area (Å²) in [6.07, 6.45) is 1.43. The zero-order valence-electron chi connectivity index (χ0n) is 8.44. The minimum absolute atomic E-state index is 0.340. The molecule has 1 N–H and O–H groups in total. The summed E-state index contributed by atoms with van der Waals surface area (Å²) in [4.78, 5) is 4.26. The van der Waals surface area contributed by atoms with Crippen LogP contribution in [0.5, 0.6) is 0 Å². The van der Waals surface area contributed by atoms with Crippen molar-refractivity contribution in [1.82, 2.24) is 9.55 Å². The molecule has 0 bridgehead atoms. The van der Waals surface area contributed by atoms with Crippen molar-refractivity contribution < 1.29 is 5.11 Å². The number of rotatable bonds is 2. The van der Waals surface area contributed by atoms with Gasteiger partial charge in [0.05, 0.1) is 23.5 Å². The van der Waals surface area contributed by atoms with Gasteiger partial charge in [0.2, 0.25) is 0 Å². The third-order valence-electron chi connectivity index (χ3n) is 2.24. The van der Waals surface area contributed by atoms with Crippen LogP contribution in [0.25, 0.3) is 11.0 Å². The molecule has 0 fully saturated rings. The quantitative estimate of drug-likeness (QED) is 0.783. The highest BCUT2D eigenvalue weighted by Crippen LogP contribution is 2.14. The van der Waals surface area contributed by atoms with Crippen LogP contribution in [0.15, 0.2) is 24.5 Å². The predicted octanol–water partition coefficient (Wildman–Crippen LogP) is 1.73. The molecule has 0 saturated heterocycles. The minimum Gasteiger partial charge on any atom is -0.392 e. The standard InChI is InChI=1S/C11H14N2O/c1-8-3-4-10-11(5-8)13(7-12-10)6-9(2)14/h3-5,7,9,14H,6H2,1-2H3/t9-/m0/s1. The van der Waals surface area contributed by atoms with Crippen LogP contribution in [0.1, 0.15) is 12.5 Å². The number of aryl methyl sites for hydroxylation is 1. The largest absolute Gasteiger partial charge is 0.392 e. The molecule has 3 nitrogen and oxygen atoms in total.